The number of anilines is 1. The standard InChI is InChI=1S/C19H21FN2OS/c1-14-4-2-3-5-17(14)18-10-11-22(12-13-24-18)19(23)21-16-8-6-15(20)7-9-16/h2-9,18H,10-13H2,1H3,(H,21,23). The minimum Gasteiger partial charge on any atom is -0.324 e. The van der Waals surface area contributed by atoms with E-state index in [2.05, 4.69) is 36.5 Å². The molecule has 24 heavy (non-hydrogen) atoms. The molecule has 3 nitrogen and oxygen atoms in total. The molecule has 2 aromatic rings. The maximum Gasteiger partial charge on any atom is 0.321 e. The zero-order chi connectivity index (χ0) is 16.9. The van der Waals surface area contributed by atoms with Gasteiger partial charge in [-0.2, -0.15) is 11.8 Å². The van der Waals surface area contributed by atoms with Crippen molar-refractivity contribution in [1.82, 2.24) is 4.90 Å². The number of halogens is 1. The van der Waals surface area contributed by atoms with Gasteiger partial charge in [0.2, 0.25) is 0 Å². The van der Waals surface area contributed by atoms with Gasteiger partial charge in [-0.1, -0.05) is 24.3 Å². The number of carbonyl (C=O) groups is 1. The Labute approximate surface area is 146 Å². The molecular formula is C19H21FN2OS. The average molecular weight is 344 g/mol. The minimum atomic E-state index is -0.305. The van der Waals surface area contributed by atoms with Crippen molar-refractivity contribution in [3.05, 3.63) is 65.5 Å². The molecule has 1 atom stereocenters. The smallest absolute Gasteiger partial charge is 0.321 e. The van der Waals surface area contributed by atoms with Gasteiger partial charge in [0.1, 0.15) is 5.82 Å². The Bertz CT molecular complexity index is 705. The summed E-state index contributed by atoms with van der Waals surface area (Å²) in [5, 5.41) is 3.27. The molecule has 5 heteroatoms. The Morgan fingerprint density at radius 1 is 1.17 bits per heavy atom. The molecule has 3 rings (SSSR count). The van der Waals surface area contributed by atoms with E-state index in [9.17, 15) is 9.18 Å². The van der Waals surface area contributed by atoms with E-state index in [4.69, 9.17) is 0 Å². The highest BCUT2D eigenvalue weighted by molar-refractivity contribution is 7.99. The highest BCUT2D eigenvalue weighted by Crippen LogP contribution is 2.35. The van der Waals surface area contributed by atoms with E-state index in [0.29, 0.717) is 10.9 Å². The van der Waals surface area contributed by atoms with E-state index in [1.54, 1.807) is 12.1 Å². The van der Waals surface area contributed by atoms with Gasteiger partial charge in [-0.15, -0.1) is 0 Å². The van der Waals surface area contributed by atoms with Gasteiger partial charge < -0.3 is 10.2 Å². The summed E-state index contributed by atoms with van der Waals surface area (Å²) in [5.74, 6) is 0.607. The summed E-state index contributed by atoms with van der Waals surface area (Å²) in [4.78, 5) is 14.3. The Kier molecular flexibility index (Phi) is 5.41. The average Bonchev–Trinajstić information content (AvgIpc) is 2.83. The molecule has 0 radical (unpaired) electrons. The summed E-state index contributed by atoms with van der Waals surface area (Å²) >= 11 is 1.91. The van der Waals surface area contributed by atoms with Gasteiger partial charge >= 0.3 is 6.03 Å². The lowest BCUT2D eigenvalue weighted by atomic mass is 10.0. The van der Waals surface area contributed by atoms with Crippen LogP contribution in [0.2, 0.25) is 0 Å². The van der Waals surface area contributed by atoms with Crippen LogP contribution in [0.3, 0.4) is 0 Å². The zero-order valence-electron chi connectivity index (χ0n) is 13.7. The van der Waals surface area contributed by atoms with Gasteiger partial charge in [-0.05, 0) is 48.7 Å². The van der Waals surface area contributed by atoms with E-state index < -0.39 is 0 Å². The fourth-order valence-corrected chi connectivity index (χ4v) is 4.23. The number of hydrogen-bond acceptors (Lipinski definition) is 2. The maximum atomic E-state index is 12.9. The van der Waals surface area contributed by atoms with Gasteiger partial charge in [0.05, 0.1) is 0 Å². The SMILES string of the molecule is Cc1ccccc1C1CCN(C(=O)Nc2ccc(F)cc2)CCS1. The van der Waals surface area contributed by atoms with Crippen LogP contribution >= 0.6 is 11.8 Å². The van der Waals surface area contributed by atoms with Crippen LogP contribution in [0, 0.1) is 12.7 Å². The van der Waals surface area contributed by atoms with Crippen LogP contribution in [0.4, 0.5) is 14.9 Å². The molecule has 0 aromatic heterocycles. The second kappa shape index (κ2) is 7.71. The molecule has 1 aliphatic heterocycles. The molecule has 126 valence electrons. The fourth-order valence-electron chi connectivity index (χ4n) is 2.91. The van der Waals surface area contributed by atoms with Crippen molar-refractivity contribution in [3.63, 3.8) is 0 Å². The molecule has 0 saturated carbocycles. The first-order valence-corrected chi connectivity index (χ1v) is 9.17. The molecule has 0 bridgehead atoms. The van der Waals surface area contributed by atoms with Gasteiger partial charge in [0.25, 0.3) is 0 Å². The molecule has 1 saturated heterocycles. The number of carbonyl (C=O) groups excluding carboxylic acids is 1. The summed E-state index contributed by atoms with van der Waals surface area (Å²) < 4.78 is 12.9. The van der Waals surface area contributed by atoms with E-state index in [1.165, 1.54) is 23.3 Å². The first kappa shape index (κ1) is 16.8. The van der Waals surface area contributed by atoms with E-state index in [0.717, 1.165) is 25.3 Å². The van der Waals surface area contributed by atoms with Crippen LogP contribution in [0.5, 0.6) is 0 Å². The predicted octanol–water partition coefficient (Wildman–Crippen LogP) is 4.85. The number of rotatable bonds is 2. The third-order valence-electron chi connectivity index (χ3n) is 4.26. The number of benzene rings is 2. The molecule has 1 fully saturated rings. The molecule has 1 aliphatic rings. The number of urea groups is 1. The van der Waals surface area contributed by atoms with E-state index in [1.807, 2.05) is 16.7 Å². The Balaban J connectivity index is 1.61. The Morgan fingerprint density at radius 2 is 1.92 bits per heavy atom. The molecule has 1 heterocycles. The second-order valence-electron chi connectivity index (χ2n) is 5.93. The van der Waals surface area contributed by atoms with Crippen LogP contribution < -0.4 is 5.32 Å². The van der Waals surface area contributed by atoms with Crippen molar-refractivity contribution in [3.8, 4) is 0 Å². The molecule has 0 spiro atoms. The first-order chi connectivity index (χ1) is 11.6. The zero-order valence-corrected chi connectivity index (χ0v) is 14.5. The molecule has 1 unspecified atom stereocenters. The Morgan fingerprint density at radius 3 is 2.67 bits per heavy atom. The molecule has 2 aromatic carbocycles. The lowest BCUT2D eigenvalue weighted by Crippen LogP contribution is -2.36. The van der Waals surface area contributed by atoms with Crippen molar-refractivity contribution < 1.29 is 9.18 Å². The highest BCUT2D eigenvalue weighted by atomic mass is 32.2. The minimum absolute atomic E-state index is 0.118. The van der Waals surface area contributed by atoms with Crippen LogP contribution in [0.15, 0.2) is 48.5 Å². The monoisotopic (exact) mass is 344 g/mol. The quantitative estimate of drug-likeness (QED) is 0.845. The van der Waals surface area contributed by atoms with Crippen LogP contribution in [-0.2, 0) is 0 Å². The predicted molar refractivity (Wildman–Crippen MR) is 98.0 cm³/mol. The summed E-state index contributed by atoms with van der Waals surface area (Å²) in [6.45, 7) is 3.58. The number of nitrogens with one attached hydrogen (secondary N) is 1. The first-order valence-electron chi connectivity index (χ1n) is 8.12. The normalized spacial score (nSPS) is 18.1. The lowest BCUT2D eigenvalue weighted by molar-refractivity contribution is 0.215. The van der Waals surface area contributed by atoms with Gasteiger partial charge in [0, 0.05) is 29.8 Å². The number of hydrogen-bond donors (Lipinski definition) is 1. The van der Waals surface area contributed by atoms with Crippen molar-refractivity contribution >= 4 is 23.5 Å². The van der Waals surface area contributed by atoms with E-state index in [-0.39, 0.29) is 11.8 Å². The largest absolute Gasteiger partial charge is 0.324 e. The third kappa shape index (κ3) is 4.09. The summed E-state index contributed by atoms with van der Waals surface area (Å²) in [6.07, 6.45) is 0.937. The summed E-state index contributed by atoms with van der Waals surface area (Å²) in [5.41, 5.74) is 3.29. The topological polar surface area (TPSA) is 32.3 Å². The second-order valence-corrected chi connectivity index (χ2v) is 7.24. The van der Waals surface area contributed by atoms with Crippen LogP contribution in [0.1, 0.15) is 22.8 Å². The number of aryl methyl sites for hydroxylation is 1. The lowest BCUT2D eigenvalue weighted by Gasteiger charge is -2.21. The van der Waals surface area contributed by atoms with Crippen LogP contribution in [0.25, 0.3) is 0 Å². The van der Waals surface area contributed by atoms with Crippen molar-refractivity contribution in [2.75, 3.05) is 24.2 Å². The van der Waals surface area contributed by atoms with Crippen molar-refractivity contribution in [2.45, 2.75) is 18.6 Å². The van der Waals surface area contributed by atoms with Crippen molar-refractivity contribution in [2.24, 2.45) is 0 Å². The maximum absolute atomic E-state index is 12.9. The van der Waals surface area contributed by atoms with Crippen LogP contribution in [-0.4, -0.2) is 29.8 Å². The van der Waals surface area contributed by atoms with Gasteiger partial charge in [-0.25, -0.2) is 9.18 Å². The molecule has 0 aliphatic carbocycles. The van der Waals surface area contributed by atoms with Crippen molar-refractivity contribution in [1.29, 1.82) is 0 Å². The molecule has 1 N–H and O–H groups in total. The number of amides is 2. The third-order valence-corrected chi connectivity index (χ3v) is 5.57. The Hall–Kier alpha value is -2.01. The van der Waals surface area contributed by atoms with Gasteiger partial charge in [-0.3, -0.25) is 0 Å². The van der Waals surface area contributed by atoms with E-state index >= 15 is 0 Å². The fraction of sp³-hybridized carbons (Fsp3) is 0.316. The summed E-state index contributed by atoms with van der Waals surface area (Å²) in [7, 11) is 0. The summed E-state index contributed by atoms with van der Waals surface area (Å²) in [6, 6.07) is 14.2. The van der Waals surface area contributed by atoms with Gasteiger partial charge in [0.15, 0.2) is 0 Å². The molecular weight excluding hydrogens is 323 g/mol. The highest BCUT2D eigenvalue weighted by Gasteiger charge is 2.22. The number of nitrogens with zero attached hydrogens (tertiary/aromatic N) is 1. The molecule has 2 amide bonds. The number of thioether (sulfide) groups is 1.